The van der Waals surface area contributed by atoms with Gasteiger partial charge in [-0.1, -0.05) is 6.07 Å². The predicted octanol–water partition coefficient (Wildman–Crippen LogP) is 5.52. The number of hydrogen-bond donors (Lipinski definition) is 1. The summed E-state index contributed by atoms with van der Waals surface area (Å²) in [5.41, 5.74) is -0.588. The SMILES string of the molecule is O=C(/C=C/c1ccc(Oc2cccnc2)c(F)c1)Nc1ccc(N2CCOCC2)cc1C(F)(F)F. The van der Waals surface area contributed by atoms with Crippen molar-refractivity contribution in [2.24, 2.45) is 0 Å². The number of nitrogens with zero attached hydrogens (tertiary/aromatic N) is 2. The molecule has 1 saturated heterocycles. The molecule has 1 aliphatic heterocycles. The zero-order valence-corrected chi connectivity index (χ0v) is 18.4. The average molecular weight is 487 g/mol. The van der Waals surface area contributed by atoms with E-state index in [0.717, 1.165) is 18.2 Å². The first-order chi connectivity index (χ1) is 16.8. The van der Waals surface area contributed by atoms with Gasteiger partial charge in [0.2, 0.25) is 5.91 Å². The number of carbonyl (C=O) groups is 1. The molecular formula is C25H21F4N3O3. The Morgan fingerprint density at radius 2 is 1.91 bits per heavy atom. The highest BCUT2D eigenvalue weighted by molar-refractivity contribution is 6.02. The van der Waals surface area contributed by atoms with Crippen LogP contribution in [0.4, 0.5) is 28.9 Å². The van der Waals surface area contributed by atoms with E-state index in [1.165, 1.54) is 36.5 Å². The molecule has 0 spiro atoms. The molecule has 10 heteroatoms. The minimum atomic E-state index is -4.66. The van der Waals surface area contributed by atoms with Crippen molar-refractivity contribution in [3.05, 3.63) is 83.9 Å². The van der Waals surface area contributed by atoms with Crippen LogP contribution < -0.4 is 15.0 Å². The third-order valence-corrected chi connectivity index (χ3v) is 5.19. The van der Waals surface area contributed by atoms with Crippen molar-refractivity contribution in [3.63, 3.8) is 0 Å². The number of benzene rings is 2. The molecule has 1 aromatic heterocycles. The first kappa shape index (κ1) is 24.2. The number of nitrogens with one attached hydrogen (secondary N) is 1. The second kappa shape index (κ2) is 10.6. The highest BCUT2D eigenvalue weighted by atomic mass is 19.4. The molecule has 1 aliphatic rings. The zero-order chi connectivity index (χ0) is 24.8. The van der Waals surface area contributed by atoms with Crippen LogP contribution in [0.25, 0.3) is 6.08 Å². The molecule has 35 heavy (non-hydrogen) atoms. The van der Waals surface area contributed by atoms with Gasteiger partial charge in [0.05, 0.1) is 30.7 Å². The van der Waals surface area contributed by atoms with Crippen molar-refractivity contribution in [2.75, 3.05) is 36.5 Å². The van der Waals surface area contributed by atoms with Gasteiger partial charge in [-0.3, -0.25) is 9.78 Å². The number of rotatable bonds is 6. The highest BCUT2D eigenvalue weighted by Crippen LogP contribution is 2.37. The Bertz CT molecular complexity index is 1210. The van der Waals surface area contributed by atoms with E-state index < -0.39 is 23.5 Å². The second-order valence-corrected chi connectivity index (χ2v) is 7.63. The van der Waals surface area contributed by atoms with Crippen LogP contribution in [0.2, 0.25) is 0 Å². The van der Waals surface area contributed by atoms with Crippen LogP contribution in [0.15, 0.2) is 67.0 Å². The van der Waals surface area contributed by atoms with Crippen molar-refractivity contribution in [1.29, 1.82) is 0 Å². The smallest absolute Gasteiger partial charge is 0.418 e. The number of ether oxygens (including phenoxy) is 2. The lowest BCUT2D eigenvalue weighted by molar-refractivity contribution is -0.136. The number of halogens is 4. The van der Waals surface area contributed by atoms with Crippen LogP contribution >= 0.6 is 0 Å². The first-order valence-electron chi connectivity index (χ1n) is 10.7. The Balaban J connectivity index is 1.45. The molecule has 0 bridgehead atoms. The predicted molar refractivity (Wildman–Crippen MR) is 123 cm³/mol. The van der Waals surface area contributed by atoms with Gasteiger partial charge >= 0.3 is 6.18 Å². The summed E-state index contributed by atoms with van der Waals surface area (Å²) in [6.07, 6.45) is 0.647. The van der Waals surface area contributed by atoms with Gasteiger partial charge in [0, 0.05) is 31.0 Å². The molecule has 0 saturated carbocycles. The third-order valence-electron chi connectivity index (χ3n) is 5.19. The molecular weight excluding hydrogens is 466 g/mol. The molecule has 2 aromatic carbocycles. The van der Waals surface area contributed by atoms with E-state index in [4.69, 9.17) is 9.47 Å². The summed E-state index contributed by atoms with van der Waals surface area (Å²) >= 11 is 0. The monoisotopic (exact) mass is 487 g/mol. The summed E-state index contributed by atoms with van der Waals surface area (Å²) in [5, 5.41) is 2.26. The van der Waals surface area contributed by atoms with Crippen molar-refractivity contribution >= 4 is 23.4 Å². The van der Waals surface area contributed by atoms with Gasteiger partial charge in [-0.15, -0.1) is 0 Å². The fourth-order valence-electron chi connectivity index (χ4n) is 3.48. The first-order valence-corrected chi connectivity index (χ1v) is 10.7. The lowest BCUT2D eigenvalue weighted by Crippen LogP contribution is -2.36. The van der Waals surface area contributed by atoms with E-state index in [0.29, 0.717) is 43.3 Å². The van der Waals surface area contributed by atoms with Crippen molar-refractivity contribution < 1.29 is 31.8 Å². The fourth-order valence-corrected chi connectivity index (χ4v) is 3.48. The van der Waals surface area contributed by atoms with Gasteiger partial charge < -0.3 is 19.7 Å². The molecule has 6 nitrogen and oxygen atoms in total. The number of pyridine rings is 1. The number of morpholine rings is 1. The molecule has 0 radical (unpaired) electrons. The Hall–Kier alpha value is -3.92. The summed E-state index contributed by atoms with van der Waals surface area (Å²) in [5.74, 6) is -1.14. The Morgan fingerprint density at radius 1 is 1.11 bits per heavy atom. The minimum absolute atomic E-state index is 0.0326. The zero-order valence-electron chi connectivity index (χ0n) is 18.4. The normalized spacial score (nSPS) is 14.2. The van der Waals surface area contributed by atoms with E-state index in [1.54, 1.807) is 23.2 Å². The summed E-state index contributed by atoms with van der Waals surface area (Å²) in [6, 6.07) is 11.1. The molecule has 1 N–H and O–H groups in total. The second-order valence-electron chi connectivity index (χ2n) is 7.63. The molecule has 0 aliphatic carbocycles. The number of anilines is 2. The standard InChI is InChI=1S/C25H21F4N3O3/c26-21-14-17(3-7-23(21)35-19-2-1-9-30-16-19)4-8-24(33)31-22-6-5-18(15-20(22)25(27,28)29)32-10-12-34-13-11-32/h1-9,14-16H,10-13H2,(H,31,33)/b8-4+. The van der Waals surface area contributed by atoms with E-state index in [9.17, 15) is 22.4 Å². The Labute approximate surface area is 198 Å². The summed E-state index contributed by atoms with van der Waals surface area (Å²) in [6.45, 7) is 1.83. The van der Waals surface area contributed by atoms with Crippen molar-refractivity contribution in [3.8, 4) is 11.5 Å². The third kappa shape index (κ3) is 6.36. The lowest BCUT2D eigenvalue weighted by Gasteiger charge is -2.29. The number of carbonyl (C=O) groups excluding carboxylic acids is 1. The fraction of sp³-hybridized carbons (Fsp3) is 0.200. The largest absolute Gasteiger partial charge is 0.453 e. The van der Waals surface area contributed by atoms with E-state index in [-0.39, 0.29) is 11.4 Å². The van der Waals surface area contributed by atoms with Crippen LogP contribution in [-0.4, -0.2) is 37.2 Å². The van der Waals surface area contributed by atoms with Gasteiger partial charge in [-0.05, 0) is 54.1 Å². The molecule has 182 valence electrons. The van der Waals surface area contributed by atoms with E-state index >= 15 is 0 Å². The topological polar surface area (TPSA) is 63.7 Å². The highest BCUT2D eigenvalue weighted by Gasteiger charge is 2.34. The van der Waals surface area contributed by atoms with Crippen molar-refractivity contribution in [2.45, 2.75) is 6.18 Å². The average Bonchev–Trinajstić information content (AvgIpc) is 2.85. The number of alkyl halides is 3. The summed E-state index contributed by atoms with van der Waals surface area (Å²) in [4.78, 5) is 18.0. The molecule has 4 rings (SSSR count). The van der Waals surface area contributed by atoms with Gasteiger partial charge in [0.15, 0.2) is 11.6 Å². The Morgan fingerprint density at radius 3 is 2.60 bits per heavy atom. The summed E-state index contributed by atoms with van der Waals surface area (Å²) in [7, 11) is 0. The molecule has 1 fully saturated rings. The van der Waals surface area contributed by atoms with Gasteiger partial charge in [-0.25, -0.2) is 4.39 Å². The molecule has 2 heterocycles. The van der Waals surface area contributed by atoms with Gasteiger partial charge in [0.1, 0.15) is 5.75 Å². The van der Waals surface area contributed by atoms with Crippen LogP contribution in [0.5, 0.6) is 11.5 Å². The van der Waals surface area contributed by atoms with E-state index in [2.05, 4.69) is 10.3 Å². The Kier molecular flexibility index (Phi) is 7.31. The maximum Gasteiger partial charge on any atom is 0.418 e. The van der Waals surface area contributed by atoms with Gasteiger partial charge in [0.25, 0.3) is 0 Å². The van der Waals surface area contributed by atoms with Gasteiger partial charge in [-0.2, -0.15) is 13.2 Å². The number of hydrogen-bond acceptors (Lipinski definition) is 5. The van der Waals surface area contributed by atoms with Crippen LogP contribution in [0.3, 0.4) is 0 Å². The molecule has 0 unspecified atom stereocenters. The minimum Gasteiger partial charge on any atom is -0.453 e. The van der Waals surface area contributed by atoms with Crippen LogP contribution in [0.1, 0.15) is 11.1 Å². The maximum absolute atomic E-state index is 14.4. The maximum atomic E-state index is 14.4. The lowest BCUT2D eigenvalue weighted by atomic mass is 10.1. The molecule has 0 atom stereocenters. The number of amides is 1. The number of aromatic nitrogens is 1. The van der Waals surface area contributed by atoms with Crippen LogP contribution in [-0.2, 0) is 15.7 Å². The molecule has 3 aromatic rings. The quantitative estimate of drug-likeness (QED) is 0.367. The summed E-state index contributed by atoms with van der Waals surface area (Å²) < 4.78 is 66.0. The van der Waals surface area contributed by atoms with Crippen molar-refractivity contribution in [1.82, 2.24) is 4.98 Å². The molecule has 1 amide bonds. The van der Waals surface area contributed by atoms with E-state index in [1.807, 2.05) is 0 Å². The van der Waals surface area contributed by atoms with Crippen LogP contribution in [0, 0.1) is 5.82 Å².